The van der Waals surface area contributed by atoms with Gasteiger partial charge in [0.15, 0.2) is 5.41 Å². The molecule has 4 nitrogen and oxygen atoms in total. The van der Waals surface area contributed by atoms with Gasteiger partial charge in [-0.15, -0.1) is 0 Å². The molecule has 0 saturated heterocycles. The second-order valence-corrected chi connectivity index (χ2v) is 5.88. The van der Waals surface area contributed by atoms with Gasteiger partial charge in [-0.05, 0) is 37.0 Å². The first-order valence-corrected chi connectivity index (χ1v) is 7.55. The fourth-order valence-corrected chi connectivity index (χ4v) is 2.86. The second kappa shape index (κ2) is 6.48. The highest BCUT2D eigenvalue weighted by atomic mass is 35.5. The van der Waals surface area contributed by atoms with Crippen LogP contribution in [0.2, 0.25) is 5.02 Å². The van der Waals surface area contributed by atoms with E-state index < -0.39 is 17.4 Å². The van der Waals surface area contributed by atoms with Crippen LogP contribution in [0.3, 0.4) is 0 Å². The van der Waals surface area contributed by atoms with Gasteiger partial charge in [0.25, 0.3) is 0 Å². The summed E-state index contributed by atoms with van der Waals surface area (Å²) < 4.78 is 5.07. The van der Waals surface area contributed by atoms with E-state index in [9.17, 15) is 14.7 Å². The Kier molecular flexibility index (Phi) is 4.88. The number of rotatable bonds is 6. The van der Waals surface area contributed by atoms with Crippen molar-refractivity contribution in [3.05, 3.63) is 34.9 Å². The van der Waals surface area contributed by atoms with Crippen LogP contribution >= 0.6 is 11.6 Å². The predicted molar refractivity (Wildman–Crippen MR) is 79.4 cm³/mol. The zero-order chi connectivity index (χ0) is 15.5. The molecule has 1 aliphatic rings. The molecule has 21 heavy (non-hydrogen) atoms. The molecule has 0 bridgehead atoms. The van der Waals surface area contributed by atoms with Gasteiger partial charge in [-0.2, -0.15) is 0 Å². The largest absolute Gasteiger partial charge is 0.480 e. The summed E-state index contributed by atoms with van der Waals surface area (Å²) in [5.74, 6) is -1.59. The Morgan fingerprint density at radius 1 is 1.33 bits per heavy atom. The Bertz CT molecular complexity index is 522. The van der Waals surface area contributed by atoms with E-state index in [0.29, 0.717) is 10.6 Å². The third-order valence-corrected chi connectivity index (χ3v) is 4.40. The Balaban J connectivity index is 2.45. The summed E-state index contributed by atoms with van der Waals surface area (Å²) in [5.41, 5.74) is -1.20. The van der Waals surface area contributed by atoms with Crippen LogP contribution in [0.25, 0.3) is 0 Å². The summed E-state index contributed by atoms with van der Waals surface area (Å²) in [6.45, 7) is 1.84. The lowest BCUT2D eigenvalue weighted by Crippen LogP contribution is -2.47. The minimum absolute atomic E-state index is 0.159. The summed E-state index contributed by atoms with van der Waals surface area (Å²) in [6.07, 6.45) is 3.29. The van der Waals surface area contributed by atoms with E-state index >= 15 is 0 Å². The fraction of sp³-hybridized carbons (Fsp3) is 0.500. The summed E-state index contributed by atoms with van der Waals surface area (Å²) >= 11 is 5.86. The van der Waals surface area contributed by atoms with E-state index in [1.165, 1.54) is 0 Å². The predicted octanol–water partition coefficient (Wildman–Crippen LogP) is 3.42. The number of carboxylic acids is 1. The van der Waals surface area contributed by atoms with Crippen molar-refractivity contribution in [1.82, 2.24) is 0 Å². The normalized spacial score (nSPS) is 17.6. The smallest absolute Gasteiger partial charge is 0.328 e. The van der Waals surface area contributed by atoms with Crippen LogP contribution in [0.15, 0.2) is 24.3 Å². The van der Waals surface area contributed by atoms with Crippen molar-refractivity contribution in [3.63, 3.8) is 0 Å². The number of hydrogen-bond acceptors (Lipinski definition) is 3. The Labute approximate surface area is 129 Å². The van der Waals surface area contributed by atoms with Crippen molar-refractivity contribution in [2.45, 2.75) is 38.0 Å². The number of benzene rings is 1. The summed E-state index contributed by atoms with van der Waals surface area (Å²) in [4.78, 5) is 24.4. The van der Waals surface area contributed by atoms with Crippen molar-refractivity contribution in [2.75, 3.05) is 6.61 Å². The number of ether oxygens (including phenoxy) is 1. The van der Waals surface area contributed by atoms with Crippen LogP contribution in [0.4, 0.5) is 0 Å². The molecule has 0 aliphatic heterocycles. The quantitative estimate of drug-likeness (QED) is 0.646. The molecule has 0 heterocycles. The molecule has 1 N–H and O–H groups in total. The van der Waals surface area contributed by atoms with E-state index in [4.69, 9.17) is 16.3 Å². The standard InChI is InChI=1S/C16H19ClO4/c1-2-21-15(20)16(14(18)19,10-11-4-3-5-11)12-6-8-13(17)9-7-12/h6-9,11H,2-5,10H2,1H3,(H,18,19). The Hall–Kier alpha value is -1.55. The first kappa shape index (κ1) is 15.8. The van der Waals surface area contributed by atoms with Gasteiger partial charge in [0.2, 0.25) is 0 Å². The third kappa shape index (κ3) is 3.05. The highest BCUT2D eigenvalue weighted by Crippen LogP contribution is 2.41. The minimum atomic E-state index is -1.63. The van der Waals surface area contributed by atoms with E-state index in [2.05, 4.69) is 0 Å². The molecule has 2 rings (SSSR count). The molecule has 1 aliphatic carbocycles. The average molecular weight is 311 g/mol. The van der Waals surface area contributed by atoms with E-state index in [1.807, 2.05) is 0 Å². The van der Waals surface area contributed by atoms with Crippen LogP contribution in [-0.2, 0) is 19.7 Å². The lowest BCUT2D eigenvalue weighted by atomic mass is 9.68. The van der Waals surface area contributed by atoms with Crippen molar-refractivity contribution < 1.29 is 19.4 Å². The molecule has 0 spiro atoms. The second-order valence-electron chi connectivity index (χ2n) is 5.44. The fourth-order valence-electron chi connectivity index (χ4n) is 2.74. The van der Waals surface area contributed by atoms with E-state index in [1.54, 1.807) is 31.2 Å². The third-order valence-electron chi connectivity index (χ3n) is 4.15. The lowest BCUT2D eigenvalue weighted by Gasteiger charge is -2.35. The zero-order valence-electron chi connectivity index (χ0n) is 12.0. The van der Waals surface area contributed by atoms with Gasteiger partial charge in [-0.1, -0.05) is 43.0 Å². The first-order valence-electron chi connectivity index (χ1n) is 7.17. The maximum atomic E-state index is 12.4. The van der Waals surface area contributed by atoms with Crippen molar-refractivity contribution in [1.29, 1.82) is 0 Å². The van der Waals surface area contributed by atoms with E-state index in [0.717, 1.165) is 19.3 Å². The molecule has 1 aromatic rings. The molecule has 1 atom stereocenters. The van der Waals surface area contributed by atoms with Crippen LogP contribution in [0, 0.1) is 5.92 Å². The highest BCUT2D eigenvalue weighted by Gasteiger charge is 2.51. The topological polar surface area (TPSA) is 63.6 Å². The van der Waals surface area contributed by atoms with Crippen LogP contribution in [-0.4, -0.2) is 23.7 Å². The van der Waals surface area contributed by atoms with Crippen LogP contribution < -0.4 is 0 Å². The summed E-state index contributed by atoms with van der Waals surface area (Å²) in [6, 6.07) is 6.42. The van der Waals surface area contributed by atoms with Gasteiger partial charge >= 0.3 is 11.9 Å². The number of esters is 1. The van der Waals surface area contributed by atoms with Gasteiger partial charge in [-0.25, -0.2) is 0 Å². The molecule has 114 valence electrons. The van der Waals surface area contributed by atoms with Crippen molar-refractivity contribution >= 4 is 23.5 Å². The monoisotopic (exact) mass is 310 g/mol. The molecular formula is C16H19ClO4. The number of aliphatic carboxylic acids is 1. The van der Waals surface area contributed by atoms with Crippen molar-refractivity contribution in [2.24, 2.45) is 5.92 Å². The number of halogens is 1. The molecule has 0 amide bonds. The average Bonchev–Trinajstić information content (AvgIpc) is 2.39. The number of carbonyl (C=O) groups is 2. The molecule has 0 radical (unpaired) electrons. The molecule has 1 fully saturated rings. The Morgan fingerprint density at radius 2 is 1.95 bits per heavy atom. The molecule has 1 aromatic carbocycles. The van der Waals surface area contributed by atoms with Crippen LogP contribution in [0.5, 0.6) is 0 Å². The zero-order valence-corrected chi connectivity index (χ0v) is 12.7. The number of carbonyl (C=O) groups excluding carboxylic acids is 1. The van der Waals surface area contributed by atoms with Gasteiger partial charge in [0, 0.05) is 5.02 Å². The number of carboxylic acid groups (broad SMARTS) is 1. The maximum Gasteiger partial charge on any atom is 0.328 e. The van der Waals surface area contributed by atoms with Gasteiger partial charge in [0.1, 0.15) is 0 Å². The number of hydrogen-bond donors (Lipinski definition) is 1. The molecule has 1 saturated carbocycles. The van der Waals surface area contributed by atoms with E-state index in [-0.39, 0.29) is 18.9 Å². The summed E-state index contributed by atoms with van der Waals surface area (Å²) in [7, 11) is 0. The van der Waals surface area contributed by atoms with Gasteiger partial charge in [0.05, 0.1) is 6.61 Å². The van der Waals surface area contributed by atoms with Gasteiger partial charge < -0.3 is 9.84 Å². The summed E-state index contributed by atoms with van der Waals surface area (Å²) in [5, 5.41) is 10.3. The first-order chi connectivity index (χ1) is 10.0. The highest BCUT2D eigenvalue weighted by molar-refractivity contribution is 6.30. The minimum Gasteiger partial charge on any atom is -0.480 e. The molecular weight excluding hydrogens is 292 g/mol. The van der Waals surface area contributed by atoms with Crippen molar-refractivity contribution in [3.8, 4) is 0 Å². The van der Waals surface area contributed by atoms with Gasteiger partial charge in [-0.3, -0.25) is 9.59 Å². The SMILES string of the molecule is CCOC(=O)C(CC1CCC1)(C(=O)O)c1ccc(Cl)cc1. The molecule has 1 unspecified atom stereocenters. The molecule has 5 heteroatoms. The molecule has 0 aromatic heterocycles. The Morgan fingerprint density at radius 3 is 2.38 bits per heavy atom. The van der Waals surface area contributed by atoms with Crippen LogP contribution in [0.1, 0.15) is 38.2 Å². The lowest BCUT2D eigenvalue weighted by molar-refractivity contribution is -0.163. The maximum absolute atomic E-state index is 12.4.